The molecule has 3 aromatic rings. The van der Waals surface area contributed by atoms with Gasteiger partial charge in [-0.05, 0) is 67.5 Å². The molecular formula is C28H33N3O5S. The van der Waals surface area contributed by atoms with Crippen LogP contribution in [0, 0.1) is 23.0 Å². The third kappa shape index (κ3) is 8.68. The summed E-state index contributed by atoms with van der Waals surface area (Å²) in [7, 11) is 0. The number of amides is 1. The minimum absolute atomic E-state index is 0.0142. The molecule has 8 nitrogen and oxygen atoms in total. The normalized spacial score (nSPS) is 14.4. The van der Waals surface area contributed by atoms with Crippen molar-refractivity contribution in [2.24, 2.45) is 5.92 Å². The average Bonchev–Trinajstić information content (AvgIpc) is 2.88. The van der Waals surface area contributed by atoms with Crippen LogP contribution in [0.4, 0.5) is 5.69 Å². The van der Waals surface area contributed by atoms with Gasteiger partial charge in [-0.15, -0.1) is 0 Å². The lowest BCUT2D eigenvalue weighted by molar-refractivity contribution is -0.384. The second-order valence-corrected chi connectivity index (χ2v) is 10.0. The van der Waals surface area contributed by atoms with Crippen LogP contribution >= 0.6 is 11.9 Å². The number of aliphatic hydroxyl groups is 2. The summed E-state index contributed by atoms with van der Waals surface area (Å²) < 4.78 is 3.08. The summed E-state index contributed by atoms with van der Waals surface area (Å²) in [6.45, 7) is 3.81. The van der Waals surface area contributed by atoms with E-state index >= 15 is 0 Å². The maximum absolute atomic E-state index is 13.5. The Morgan fingerprint density at radius 2 is 1.65 bits per heavy atom. The first kappa shape index (κ1) is 28.3. The van der Waals surface area contributed by atoms with Gasteiger partial charge in [-0.1, -0.05) is 54.6 Å². The number of hydrogen-bond donors (Lipinski definition) is 4. The standard InChI is InChI=1S/C28H33N3O5S/c1-19-8-6-7-11-26(19)27(20(2)32)30-28(34)22(16-21-9-4-3-5-10-21)17-24(33)18-29-37-25-14-12-23(13-15-25)31(35)36/h3-15,20,22,24,27,29,32-33H,16-18H2,1-2H3,(H,30,34). The van der Waals surface area contributed by atoms with Gasteiger partial charge in [-0.25, -0.2) is 0 Å². The summed E-state index contributed by atoms with van der Waals surface area (Å²) in [5.41, 5.74) is 2.82. The van der Waals surface area contributed by atoms with Crippen LogP contribution < -0.4 is 10.0 Å². The largest absolute Gasteiger partial charge is 0.392 e. The molecule has 1 amide bonds. The molecule has 0 aromatic heterocycles. The fraction of sp³-hybridized carbons (Fsp3) is 0.321. The smallest absolute Gasteiger partial charge is 0.269 e. The van der Waals surface area contributed by atoms with Gasteiger partial charge in [0.15, 0.2) is 0 Å². The van der Waals surface area contributed by atoms with Gasteiger partial charge in [-0.2, -0.15) is 0 Å². The minimum Gasteiger partial charge on any atom is -0.392 e. The Morgan fingerprint density at radius 3 is 2.27 bits per heavy atom. The number of carbonyl (C=O) groups is 1. The Kier molecular flexibility index (Phi) is 10.6. The zero-order valence-electron chi connectivity index (χ0n) is 20.9. The molecule has 0 aliphatic rings. The number of nitrogens with zero attached hydrogens (tertiary/aromatic N) is 1. The molecule has 4 N–H and O–H groups in total. The number of nitro groups is 1. The second kappa shape index (κ2) is 13.9. The summed E-state index contributed by atoms with van der Waals surface area (Å²) >= 11 is 1.26. The van der Waals surface area contributed by atoms with Crippen LogP contribution in [0.15, 0.2) is 83.8 Å². The number of rotatable bonds is 13. The van der Waals surface area contributed by atoms with Crippen molar-refractivity contribution in [3.8, 4) is 0 Å². The van der Waals surface area contributed by atoms with E-state index in [1.165, 1.54) is 24.1 Å². The summed E-state index contributed by atoms with van der Waals surface area (Å²) in [6.07, 6.45) is -0.949. The fourth-order valence-corrected chi connectivity index (χ4v) is 4.83. The Balaban J connectivity index is 1.65. The number of aliphatic hydroxyl groups excluding tert-OH is 2. The van der Waals surface area contributed by atoms with Gasteiger partial charge < -0.3 is 15.5 Å². The van der Waals surface area contributed by atoms with Crippen LogP contribution in [-0.2, 0) is 11.2 Å². The molecule has 196 valence electrons. The van der Waals surface area contributed by atoms with E-state index in [1.807, 2.05) is 61.5 Å². The van der Waals surface area contributed by atoms with Gasteiger partial charge in [-0.3, -0.25) is 19.6 Å². The molecule has 3 aromatic carbocycles. The molecule has 0 radical (unpaired) electrons. The Morgan fingerprint density at radius 1 is 1.00 bits per heavy atom. The third-order valence-corrected chi connectivity index (χ3v) is 6.93. The quantitative estimate of drug-likeness (QED) is 0.149. The van der Waals surface area contributed by atoms with Crippen molar-refractivity contribution in [1.29, 1.82) is 0 Å². The SMILES string of the molecule is Cc1ccccc1C(NC(=O)C(Cc1ccccc1)CC(O)CNSc1ccc([N+](=O)[O-])cc1)C(C)O. The number of nitro benzene ring substituents is 1. The van der Waals surface area contributed by atoms with Crippen LogP contribution in [0.3, 0.4) is 0 Å². The van der Waals surface area contributed by atoms with Crippen molar-refractivity contribution >= 4 is 23.5 Å². The van der Waals surface area contributed by atoms with Crippen LogP contribution in [0.5, 0.6) is 0 Å². The molecule has 3 rings (SSSR count). The highest BCUT2D eigenvalue weighted by molar-refractivity contribution is 7.97. The van der Waals surface area contributed by atoms with Crippen molar-refractivity contribution in [2.45, 2.75) is 49.8 Å². The third-order valence-electron chi connectivity index (χ3n) is 6.11. The van der Waals surface area contributed by atoms with E-state index in [0.717, 1.165) is 21.6 Å². The van der Waals surface area contributed by atoms with Crippen LogP contribution in [-0.4, -0.2) is 39.8 Å². The lowest BCUT2D eigenvalue weighted by Crippen LogP contribution is -2.41. The first-order valence-corrected chi connectivity index (χ1v) is 13.0. The number of carbonyl (C=O) groups excluding carboxylic acids is 1. The molecule has 0 spiro atoms. The van der Waals surface area contributed by atoms with Crippen LogP contribution in [0.2, 0.25) is 0 Å². The Labute approximate surface area is 221 Å². The zero-order chi connectivity index (χ0) is 26.8. The number of benzene rings is 3. The van der Waals surface area contributed by atoms with E-state index in [-0.39, 0.29) is 24.6 Å². The maximum Gasteiger partial charge on any atom is 0.269 e. The number of nitrogens with one attached hydrogen (secondary N) is 2. The van der Waals surface area contributed by atoms with E-state index in [1.54, 1.807) is 19.1 Å². The summed E-state index contributed by atoms with van der Waals surface area (Å²) in [6, 6.07) is 22.8. The average molecular weight is 524 g/mol. The molecule has 4 atom stereocenters. The first-order valence-electron chi connectivity index (χ1n) is 12.1. The van der Waals surface area contributed by atoms with Crippen molar-refractivity contribution in [3.63, 3.8) is 0 Å². The molecule has 0 saturated heterocycles. The van der Waals surface area contributed by atoms with Gasteiger partial charge in [0.1, 0.15) is 0 Å². The molecule has 0 saturated carbocycles. The van der Waals surface area contributed by atoms with E-state index in [0.29, 0.717) is 6.42 Å². The van der Waals surface area contributed by atoms with Gasteiger partial charge in [0.05, 0.1) is 23.2 Å². The van der Waals surface area contributed by atoms with Crippen molar-refractivity contribution in [2.75, 3.05) is 6.54 Å². The molecule has 37 heavy (non-hydrogen) atoms. The monoisotopic (exact) mass is 523 g/mol. The summed E-state index contributed by atoms with van der Waals surface area (Å²) in [5, 5.41) is 35.0. The second-order valence-electron chi connectivity index (χ2n) is 9.06. The van der Waals surface area contributed by atoms with E-state index in [9.17, 15) is 25.1 Å². The fourth-order valence-electron chi connectivity index (χ4n) is 4.12. The van der Waals surface area contributed by atoms with Crippen molar-refractivity contribution < 1.29 is 19.9 Å². The number of non-ortho nitro benzene ring substituents is 1. The molecule has 0 fully saturated rings. The van der Waals surface area contributed by atoms with Crippen LogP contribution in [0.25, 0.3) is 0 Å². The zero-order valence-corrected chi connectivity index (χ0v) is 21.7. The minimum atomic E-state index is -0.812. The van der Waals surface area contributed by atoms with Gasteiger partial charge >= 0.3 is 0 Å². The Hall–Kier alpha value is -3.24. The lowest BCUT2D eigenvalue weighted by atomic mass is 9.91. The van der Waals surface area contributed by atoms with E-state index in [4.69, 9.17) is 0 Å². The highest BCUT2D eigenvalue weighted by atomic mass is 32.2. The highest BCUT2D eigenvalue weighted by Crippen LogP contribution is 2.24. The van der Waals surface area contributed by atoms with Crippen molar-refractivity contribution in [1.82, 2.24) is 10.0 Å². The number of aryl methyl sites for hydroxylation is 1. The van der Waals surface area contributed by atoms with Crippen LogP contribution in [0.1, 0.15) is 36.1 Å². The van der Waals surface area contributed by atoms with Gasteiger partial charge in [0.25, 0.3) is 5.69 Å². The Bertz CT molecular complexity index is 1160. The molecule has 0 aliphatic heterocycles. The highest BCUT2D eigenvalue weighted by Gasteiger charge is 2.28. The molecule has 9 heteroatoms. The molecular weight excluding hydrogens is 490 g/mol. The maximum atomic E-state index is 13.5. The predicted molar refractivity (Wildman–Crippen MR) is 145 cm³/mol. The topological polar surface area (TPSA) is 125 Å². The van der Waals surface area contributed by atoms with Gasteiger partial charge in [0.2, 0.25) is 5.91 Å². The summed E-state index contributed by atoms with van der Waals surface area (Å²) in [5.74, 6) is -0.756. The summed E-state index contributed by atoms with van der Waals surface area (Å²) in [4.78, 5) is 24.6. The predicted octanol–water partition coefficient (Wildman–Crippen LogP) is 4.35. The molecule has 0 heterocycles. The molecule has 0 bridgehead atoms. The number of hydrogen-bond acceptors (Lipinski definition) is 7. The molecule has 0 aliphatic carbocycles. The van der Waals surface area contributed by atoms with Crippen molar-refractivity contribution in [3.05, 3.63) is 106 Å². The van der Waals surface area contributed by atoms with Gasteiger partial charge in [0, 0.05) is 29.5 Å². The first-order chi connectivity index (χ1) is 17.7. The van der Waals surface area contributed by atoms with E-state index < -0.39 is 29.1 Å². The van der Waals surface area contributed by atoms with E-state index in [2.05, 4.69) is 10.0 Å². The lowest BCUT2D eigenvalue weighted by Gasteiger charge is -2.27. The molecule has 4 unspecified atom stereocenters.